The summed E-state index contributed by atoms with van der Waals surface area (Å²) >= 11 is 0. The highest BCUT2D eigenvalue weighted by Crippen LogP contribution is 1.98. The van der Waals surface area contributed by atoms with Gasteiger partial charge in [-0.2, -0.15) is 0 Å². The van der Waals surface area contributed by atoms with E-state index in [2.05, 4.69) is 13.2 Å². The standard InChI is InChI=1S/C10H16NO3/c1-3-5-11(6-4-2)8-9(12)7-10(13)14/h3-4,9H,1-2,5-8H2,(H,13,14). The van der Waals surface area contributed by atoms with Crippen LogP contribution in [0, 0.1) is 0 Å². The van der Waals surface area contributed by atoms with Crippen molar-refractivity contribution in [2.24, 2.45) is 0 Å². The van der Waals surface area contributed by atoms with Crippen molar-refractivity contribution in [2.75, 3.05) is 19.6 Å². The number of carboxylic acid groups (broad SMARTS) is 1. The lowest BCUT2D eigenvalue weighted by atomic mass is 10.2. The highest BCUT2D eigenvalue weighted by atomic mass is 16.4. The van der Waals surface area contributed by atoms with E-state index in [1.807, 2.05) is 0 Å². The van der Waals surface area contributed by atoms with E-state index < -0.39 is 12.1 Å². The third kappa shape index (κ3) is 6.39. The van der Waals surface area contributed by atoms with Crippen LogP contribution in [0.4, 0.5) is 0 Å². The highest BCUT2D eigenvalue weighted by molar-refractivity contribution is 5.67. The van der Waals surface area contributed by atoms with Crippen molar-refractivity contribution < 1.29 is 15.0 Å². The second-order valence-corrected chi connectivity index (χ2v) is 3.02. The number of aliphatic carboxylic acids is 1. The molecule has 14 heavy (non-hydrogen) atoms. The van der Waals surface area contributed by atoms with Crippen molar-refractivity contribution in [3.8, 4) is 0 Å². The van der Waals surface area contributed by atoms with Crippen LogP contribution in [0.1, 0.15) is 6.42 Å². The van der Waals surface area contributed by atoms with Crippen LogP contribution >= 0.6 is 0 Å². The lowest BCUT2D eigenvalue weighted by Crippen LogP contribution is -2.33. The lowest BCUT2D eigenvalue weighted by molar-refractivity contribution is -0.140. The average molecular weight is 198 g/mol. The first-order valence-corrected chi connectivity index (χ1v) is 4.42. The number of hydrogen-bond acceptors (Lipinski definition) is 2. The fourth-order valence-corrected chi connectivity index (χ4v) is 1.14. The Bertz CT molecular complexity index is 194. The third-order valence-electron chi connectivity index (χ3n) is 1.64. The first kappa shape index (κ1) is 12.9. The van der Waals surface area contributed by atoms with Crippen LogP contribution in [-0.2, 0) is 9.90 Å². The molecule has 1 unspecified atom stereocenters. The normalized spacial score (nSPS) is 12.4. The summed E-state index contributed by atoms with van der Waals surface area (Å²) in [6, 6.07) is 0. The average Bonchev–Trinajstić information content (AvgIpc) is 2.03. The zero-order valence-electron chi connectivity index (χ0n) is 8.19. The molecule has 0 spiro atoms. The van der Waals surface area contributed by atoms with E-state index in [0.717, 1.165) is 0 Å². The molecular weight excluding hydrogens is 182 g/mol. The van der Waals surface area contributed by atoms with Gasteiger partial charge in [0.1, 0.15) is 6.10 Å². The molecule has 1 radical (unpaired) electrons. The summed E-state index contributed by atoms with van der Waals surface area (Å²) in [4.78, 5) is 12.1. The van der Waals surface area contributed by atoms with Crippen LogP contribution in [0.2, 0.25) is 0 Å². The number of hydrogen-bond donors (Lipinski definition) is 1. The minimum atomic E-state index is -1.09. The van der Waals surface area contributed by atoms with Gasteiger partial charge in [-0.05, 0) is 0 Å². The molecule has 0 rings (SSSR count). The Hall–Kier alpha value is -1.13. The predicted octanol–water partition coefficient (Wildman–Crippen LogP) is 0.934. The van der Waals surface area contributed by atoms with Crippen molar-refractivity contribution in [1.29, 1.82) is 0 Å². The Labute approximate surface area is 84.2 Å². The van der Waals surface area contributed by atoms with Crippen molar-refractivity contribution >= 4 is 5.97 Å². The van der Waals surface area contributed by atoms with Gasteiger partial charge in [-0.25, -0.2) is 5.11 Å². The highest BCUT2D eigenvalue weighted by Gasteiger charge is 2.14. The number of rotatable bonds is 8. The molecule has 0 saturated carbocycles. The van der Waals surface area contributed by atoms with E-state index >= 15 is 0 Å². The fourth-order valence-electron chi connectivity index (χ4n) is 1.14. The lowest BCUT2D eigenvalue weighted by Gasteiger charge is -2.20. The Balaban J connectivity index is 3.93. The SMILES string of the molecule is C=CCN(CC=C)CC([O])CC(=O)O. The molecule has 0 aliphatic heterocycles. The van der Waals surface area contributed by atoms with E-state index in [0.29, 0.717) is 13.1 Å². The van der Waals surface area contributed by atoms with Gasteiger partial charge in [-0.1, -0.05) is 12.2 Å². The number of carboxylic acids is 1. The second-order valence-electron chi connectivity index (χ2n) is 3.02. The Kier molecular flexibility index (Phi) is 6.70. The maximum absolute atomic E-state index is 11.2. The van der Waals surface area contributed by atoms with E-state index in [1.165, 1.54) is 0 Å². The minimum Gasteiger partial charge on any atom is -0.481 e. The van der Waals surface area contributed by atoms with Gasteiger partial charge in [0.05, 0.1) is 6.42 Å². The van der Waals surface area contributed by atoms with E-state index in [9.17, 15) is 9.90 Å². The molecule has 0 bridgehead atoms. The molecule has 1 atom stereocenters. The molecule has 4 nitrogen and oxygen atoms in total. The maximum Gasteiger partial charge on any atom is 0.306 e. The van der Waals surface area contributed by atoms with Crippen LogP contribution in [0.5, 0.6) is 0 Å². The van der Waals surface area contributed by atoms with Crippen molar-refractivity contribution in [2.45, 2.75) is 12.5 Å². The predicted molar refractivity (Wildman–Crippen MR) is 53.6 cm³/mol. The van der Waals surface area contributed by atoms with Gasteiger partial charge in [-0.3, -0.25) is 9.69 Å². The van der Waals surface area contributed by atoms with Crippen LogP contribution in [0.3, 0.4) is 0 Å². The van der Waals surface area contributed by atoms with Gasteiger partial charge in [0.2, 0.25) is 0 Å². The first-order chi connectivity index (χ1) is 6.60. The fraction of sp³-hybridized carbons (Fsp3) is 0.500. The smallest absolute Gasteiger partial charge is 0.306 e. The quantitative estimate of drug-likeness (QED) is 0.590. The molecule has 0 heterocycles. The van der Waals surface area contributed by atoms with Gasteiger partial charge in [0.25, 0.3) is 0 Å². The summed E-state index contributed by atoms with van der Waals surface area (Å²) in [7, 11) is 0. The molecule has 0 aromatic heterocycles. The van der Waals surface area contributed by atoms with Crippen LogP contribution in [-0.4, -0.2) is 41.7 Å². The van der Waals surface area contributed by atoms with Crippen LogP contribution in [0.25, 0.3) is 0 Å². The molecule has 0 aromatic carbocycles. The van der Waals surface area contributed by atoms with Gasteiger partial charge in [0, 0.05) is 19.6 Å². The van der Waals surface area contributed by atoms with Crippen LogP contribution < -0.4 is 0 Å². The molecule has 0 amide bonds. The molecule has 0 saturated heterocycles. The van der Waals surface area contributed by atoms with E-state index in [1.54, 1.807) is 17.1 Å². The molecule has 1 N–H and O–H groups in total. The summed E-state index contributed by atoms with van der Waals surface area (Å²) in [6.07, 6.45) is 1.92. The number of nitrogens with zero attached hydrogens (tertiary/aromatic N) is 1. The Morgan fingerprint density at radius 3 is 2.21 bits per heavy atom. The molecule has 0 aliphatic rings. The maximum atomic E-state index is 11.2. The van der Waals surface area contributed by atoms with E-state index in [-0.39, 0.29) is 13.0 Å². The number of carbonyl (C=O) groups is 1. The Morgan fingerprint density at radius 1 is 1.36 bits per heavy atom. The second kappa shape index (κ2) is 7.29. The molecule has 0 fully saturated rings. The third-order valence-corrected chi connectivity index (χ3v) is 1.64. The molecule has 79 valence electrons. The van der Waals surface area contributed by atoms with Crippen LogP contribution in [0.15, 0.2) is 25.3 Å². The summed E-state index contributed by atoms with van der Waals surface area (Å²) in [5, 5.41) is 19.6. The molecule has 4 heteroatoms. The largest absolute Gasteiger partial charge is 0.481 e. The Morgan fingerprint density at radius 2 is 1.86 bits per heavy atom. The molecular formula is C10H16NO3. The molecule has 0 aromatic rings. The van der Waals surface area contributed by atoms with Gasteiger partial charge in [0.15, 0.2) is 0 Å². The van der Waals surface area contributed by atoms with Crippen molar-refractivity contribution in [1.82, 2.24) is 4.90 Å². The first-order valence-electron chi connectivity index (χ1n) is 4.42. The zero-order chi connectivity index (χ0) is 11.0. The molecule has 0 aliphatic carbocycles. The topological polar surface area (TPSA) is 60.4 Å². The summed E-state index contributed by atoms with van der Waals surface area (Å²) < 4.78 is 0. The van der Waals surface area contributed by atoms with Gasteiger partial charge in [-0.15, -0.1) is 13.2 Å². The summed E-state index contributed by atoms with van der Waals surface area (Å²) in [5.41, 5.74) is 0. The van der Waals surface area contributed by atoms with E-state index in [4.69, 9.17) is 5.11 Å². The van der Waals surface area contributed by atoms with Crippen molar-refractivity contribution in [3.63, 3.8) is 0 Å². The van der Waals surface area contributed by atoms with Gasteiger partial charge < -0.3 is 5.11 Å². The summed E-state index contributed by atoms with van der Waals surface area (Å²) in [6.45, 7) is 8.47. The zero-order valence-corrected chi connectivity index (χ0v) is 8.19. The van der Waals surface area contributed by atoms with Gasteiger partial charge >= 0.3 is 5.97 Å². The summed E-state index contributed by atoms with van der Waals surface area (Å²) in [5.74, 6) is -1.05. The monoisotopic (exact) mass is 198 g/mol. The van der Waals surface area contributed by atoms with Crippen molar-refractivity contribution in [3.05, 3.63) is 25.3 Å². The minimum absolute atomic E-state index is 0.213.